The molecule has 6 nitrogen and oxygen atoms in total. The fourth-order valence-electron chi connectivity index (χ4n) is 1.67. The van der Waals surface area contributed by atoms with Gasteiger partial charge in [-0.25, -0.2) is 21.6 Å². The summed E-state index contributed by atoms with van der Waals surface area (Å²) in [4.78, 5) is 0.0611. The minimum absolute atomic E-state index is 0.0611. The van der Waals surface area contributed by atoms with Crippen LogP contribution in [0.15, 0.2) is 40.6 Å². The number of sulfone groups is 1. The number of hydrogen-bond acceptors (Lipinski definition) is 5. The van der Waals surface area contributed by atoms with Gasteiger partial charge in [-0.2, -0.15) is 0 Å². The molecule has 1 atom stereocenters. The summed E-state index contributed by atoms with van der Waals surface area (Å²) in [5, 5.41) is 1.02. The first kappa shape index (κ1) is 14.0. The Hall–Kier alpha value is -1.38. The third-order valence-corrected chi connectivity index (χ3v) is 5.51. The molecule has 0 saturated heterocycles. The van der Waals surface area contributed by atoms with Gasteiger partial charge in [-0.1, -0.05) is 6.08 Å². The normalized spacial score (nSPS) is 21.4. The van der Waals surface area contributed by atoms with Crippen molar-refractivity contribution in [1.29, 1.82) is 0 Å². The molecule has 1 aliphatic rings. The second-order valence-corrected chi connectivity index (χ2v) is 7.71. The lowest BCUT2D eigenvalue weighted by molar-refractivity contribution is 0.414. The van der Waals surface area contributed by atoms with Gasteiger partial charge in [0.15, 0.2) is 9.84 Å². The maximum absolute atomic E-state index is 12.0. The van der Waals surface area contributed by atoms with Crippen molar-refractivity contribution in [2.75, 3.05) is 12.9 Å². The Kier molecular flexibility index (Phi) is 3.66. The molecule has 0 amide bonds. The molecule has 1 N–H and O–H groups in total. The Bertz CT molecular complexity index is 689. The summed E-state index contributed by atoms with van der Waals surface area (Å²) in [5.74, 6) is 0.296. The maximum Gasteiger partial charge on any atom is 0.241 e. The van der Waals surface area contributed by atoms with Gasteiger partial charge in [-0.15, -0.1) is 0 Å². The predicted molar refractivity (Wildman–Crippen MR) is 70.0 cm³/mol. The highest BCUT2D eigenvalue weighted by atomic mass is 32.2. The van der Waals surface area contributed by atoms with E-state index in [-0.39, 0.29) is 10.6 Å². The van der Waals surface area contributed by atoms with Crippen LogP contribution in [0.5, 0.6) is 5.75 Å². The summed E-state index contributed by atoms with van der Waals surface area (Å²) in [5.41, 5.74) is 0. The SMILES string of the molecule is COc1ccc(S(=O)(=O)N[C@H]2C=CS(=O)(=O)C2)cc1. The van der Waals surface area contributed by atoms with E-state index < -0.39 is 25.9 Å². The molecule has 0 spiro atoms. The molecule has 104 valence electrons. The van der Waals surface area contributed by atoms with E-state index >= 15 is 0 Å². The molecule has 1 aromatic rings. The summed E-state index contributed by atoms with van der Waals surface area (Å²) >= 11 is 0. The summed E-state index contributed by atoms with van der Waals surface area (Å²) in [7, 11) is -5.55. The first-order chi connectivity index (χ1) is 8.82. The minimum Gasteiger partial charge on any atom is -0.497 e. The van der Waals surface area contributed by atoms with Gasteiger partial charge in [-0.05, 0) is 24.3 Å². The van der Waals surface area contributed by atoms with Crippen LogP contribution in [0.3, 0.4) is 0 Å². The molecule has 2 rings (SSSR count). The summed E-state index contributed by atoms with van der Waals surface area (Å²) < 4.78 is 53.7. The van der Waals surface area contributed by atoms with Gasteiger partial charge in [0.1, 0.15) is 5.75 Å². The predicted octanol–water partition coefficient (Wildman–Crippen LogP) is 0.284. The molecule has 0 fully saturated rings. The van der Waals surface area contributed by atoms with Crippen LogP contribution in [-0.2, 0) is 19.9 Å². The minimum atomic E-state index is -3.74. The van der Waals surface area contributed by atoms with E-state index in [0.29, 0.717) is 5.75 Å². The third-order valence-electron chi connectivity index (χ3n) is 2.61. The molecule has 1 heterocycles. The fourth-order valence-corrected chi connectivity index (χ4v) is 4.20. The van der Waals surface area contributed by atoms with Crippen molar-refractivity contribution in [3.05, 3.63) is 35.7 Å². The monoisotopic (exact) mass is 303 g/mol. The number of nitrogens with one attached hydrogen (secondary N) is 1. The van der Waals surface area contributed by atoms with Crippen LogP contribution in [0.1, 0.15) is 0 Å². The van der Waals surface area contributed by atoms with Crippen molar-refractivity contribution < 1.29 is 21.6 Å². The molecule has 1 aliphatic heterocycles. The highest BCUT2D eigenvalue weighted by molar-refractivity contribution is 7.94. The quantitative estimate of drug-likeness (QED) is 0.863. The molecule has 1 aromatic carbocycles. The molecule has 0 bridgehead atoms. The van der Waals surface area contributed by atoms with Crippen LogP contribution in [0.2, 0.25) is 0 Å². The zero-order chi connectivity index (χ0) is 14.1. The first-order valence-corrected chi connectivity index (χ1v) is 8.60. The van der Waals surface area contributed by atoms with Crippen molar-refractivity contribution in [3.63, 3.8) is 0 Å². The number of methoxy groups -OCH3 is 1. The van der Waals surface area contributed by atoms with Gasteiger partial charge in [0.05, 0.1) is 23.8 Å². The summed E-state index contributed by atoms with van der Waals surface area (Å²) in [6, 6.07) is 5.12. The standard InChI is InChI=1S/C11H13NO5S2/c1-17-10-2-4-11(5-3-10)19(15,16)12-9-6-7-18(13,14)8-9/h2-7,9,12H,8H2,1H3/t9-/m0/s1. The number of rotatable bonds is 4. The molecule has 0 aliphatic carbocycles. The van der Waals surface area contributed by atoms with Crippen LogP contribution in [0, 0.1) is 0 Å². The fraction of sp³-hybridized carbons (Fsp3) is 0.273. The van der Waals surface area contributed by atoms with Crippen molar-refractivity contribution in [2.24, 2.45) is 0 Å². The van der Waals surface area contributed by atoms with E-state index in [1.54, 1.807) is 0 Å². The highest BCUT2D eigenvalue weighted by Gasteiger charge is 2.26. The number of sulfonamides is 1. The van der Waals surface area contributed by atoms with Gasteiger partial charge >= 0.3 is 0 Å². The smallest absolute Gasteiger partial charge is 0.241 e. The van der Waals surface area contributed by atoms with Gasteiger partial charge in [0, 0.05) is 5.41 Å². The molecule has 0 radical (unpaired) electrons. The number of benzene rings is 1. The third kappa shape index (κ3) is 3.34. The highest BCUT2D eigenvalue weighted by Crippen LogP contribution is 2.17. The topological polar surface area (TPSA) is 89.5 Å². The van der Waals surface area contributed by atoms with Gasteiger partial charge in [-0.3, -0.25) is 0 Å². The molecule has 0 unspecified atom stereocenters. The van der Waals surface area contributed by atoms with E-state index in [4.69, 9.17) is 4.74 Å². The Labute approximate surface area is 112 Å². The van der Waals surface area contributed by atoms with Crippen molar-refractivity contribution in [2.45, 2.75) is 10.9 Å². The average molecular weight is 303 g/mol. The van der Waals surface area contributed by atoms with Gasteiger partial charge in [0.25, 0.3) is 0 Å². The number of hydrogen-bond donors (Lipinski definition) is 1. The van der Waals surface area contributed by atoms with Crippen molar-refractivity contribution >= 4 is 19.9 Å². The summed E-state index contributed by atoms with van der Waals surface area (Å²) in [6.45, 7) is 0. The average Bonchev–Trinajstić information content (AvgIpc) is 2.68. The number of ether oxygens (including phenoxy) is 1. The van der Waals surface area contributed by atoms with E-state index in [2.05, 4.69) is 4.72 Å². The van der Waals surface area contributed by atoms with Crippen molar-refractivity contribution in [1.82, 2.24) is 4.72 Å². The van der Waals surface area contributed by atoms with E-state index in [1.165, 1.54) is 37.5 Å². The Morgan fingerprint density at radius 3 is 2.37 bits per heavy atom. The molecule has 0 saturated carbocycles. The Morgan fingerprint density at radius 2 is 1.89 bits per heavy atom. The molecular weight excluding hydrogens is 290 g/mol. The zero-order valence-corrected chi connectivity index (χ0v) is 11.7. The maximum atomic E-state index is 12.0. The lowest BCUT2D eigenvalue weighted by Crippen LogP contribution is -2.35. The zero-order valence-electron chi connectivity index (χ0n) is 10.1. The second kappa shape index (κ2) is 4.95. The molecule has 19 heavy (non-hydrogen) atoms. The summed E-state index contributed by atoms with van der Waals surface area (Å²) in [6.07, 6.45) is 1.33. The Balaban J connectivity index is 2.17. The van der Waals surface area contributed by atoms with Crippen LogP contribution in [-0.4, -0.2) is 35.7 Å². The molecule has 8 heteroatoms. The van der Waals surface area contributed by atoms with Crippen molar-refractivity contribution in [3.8, 4) is 5.75 Å². The molecule has 0 aromatic heterocycles. The van der Waals surface area contributed by atoms with E-state index in [1.807, 2.05) is 0 Å². The van der Waals surface area contributed by atoms with Gasteiger partial charge in [0.2, 0.25) is 10.0 Å². The van der Waals surface area contributed by atoms with Crippen LogP contribution in [0.4, 0.5) is 0 Å². The second-order valence-electron chi connectivity index (χ2n) is 4.06. The van der Waals surface area contributed by atoms with Gasteiger partial charge < -0.3 is 4.74 Å². The molecular formula is C11H13NO5S2. The van der Waals surface area contributed by atoms with E-state index in [9.17, 15) is 16.8 Å². The lowest BCUT2D eigenvalue weighted by atomic mass is 10.3. The van der Waals surface area contributed by atoms with Crippen LogP contribution < -0.4 is 9.46 Å². The van der Waals surface area contributed by atoms with E-state index in [0.717, 1.165) is 5.41 Å². The Morgan fingerprint density at radius 1 is 1.26 bits per heavy atom. The van der Waals surface area contributed by atoms with Crippen LogP contribution >= 0.6 is 0 Å². The van der Waals surface area contributed by atoms with Crippen LogP contribution in [0.25, 0.3) is 0 Å². The first-order valence-electron chi connectivity index (χ1n) is 5.40. The largest absolute Gasteiger partial charge is 0.497 e. The lowest BCUT2D eigenvalue weighted by Gasteiger charge is -2.11.